The number of rotatable bonds is 0. The Balaban J connectivity index is 2.80. The molecule has 0 aromatic rings. The summed E-state index contributed by atoms with van der Waals surface area (Å²) in [4.78, 5) is 4.02. The summed E-state index contributed by atoms with van der Waals surface area (Å²) in [5.74, 6) is -0.110. The van der Waals surface area contributed by atoms with E-state index >= 15 is 0 Å². The van der Waals surface area contributed by atoms with E-state index in [1.165, 1.54) is 0 Å². The Morgan fingerprint density at radius 1 is 1.60 bits per heavy atom. The monoisotopic (exact) mass is 132 g/mol. The third kappa shape index (κ3) is 1.56. The van der Waals surface area contributed by atoms with Crippen molar-refractivity contribution in [3.63, 3.8) is 0 Å². The minimum absolute atomic E-state index is 0.110. The fourth-order valence-electron chi connectivity index (χ4n) is 0.690. The molecule has 0 amide bonds. The van der Waals surface area contributed by atoms with Crippen molar-refractivity contribution < 1.29 is 0 Å². The second-order valence-electron chi connectivity index (χ2n) is 2.13. The van der Waals surface area contributed by atoms with Crippen molar-refractivity contribution in [2.24, 2.45) is 10.9 Å². The van der Waals surface area contributed by atoms with Gasteiger partial charge in [-0.25, -0.2) is 0 Å². The van der Waals surface area contributed by atoms with Crippen molar-refractivity contribution >= 4 is 5.71 Å². The number of hydrogen-bond donors (Lipinski definition) is 0. The molecule has 1 heterocycles. The number of allylic oxidation sites excluding steroid dienone is 3. The van der Waals surface area contributed by atoms with E-state index in [0.717, 1.165) is 5.71 Å². The average molecular weight is 132 g/mol. The molecule has 0 saturated carbocycles. The molecule has 0 radical (unpaired) electrons. The van der Waals surface area contributed by atoms with Gasteiger partial charge in [0.05, 0.1) is 12.0 Å². The molecule has 2 heteroatoms. The summed E-state index contributed by atoms with van der Waals surface area (Å²) in [6, 6.07) is 2.12. The molecule has 0 fully saturated rings. The van der Waals surface area contributed by atoms with E-state index in [1.807, 2.05) is 19.1 Å². The van der Waals surface area contributed by atoms with E-state index in [2.05, 4.69) is 11.1 Å². The highest BCUT2D eigenvalue weighted by molar-refractivity contribution is 5.93. The molecule has 0 aromatic carbocycles. The predicted octanol–water partition coefficient (Wildman–Crippen LogP) is 1.67. The molecule has 0 saturated heterocycles. The second-order valence-corrected chi connectivity index (χ2v) is 2.13. The van der Waals surface area contributed by atoms with Gasteiger partial charge in [-0.3, -0.25) is 4.99 Å². The van der Waals surface area contributed by atoms with Crippen LogP contribution in [0.4, 0.5) is 0 Å². The van der Waals surface area contributed by atoms with Crippen molar-refractivity contribution in [3.8, 4) is 6.07 Å². The van der Waals surface area contributed by atoms with E-state index in [0.29, 0.717) is 0 Å². The largest absolute Gasteiger partial charge is 0.262 e. The number of aliphatic imine (C=N–C) groups is 1. The Bertz CT molecular complexity index is 240. The SMILES string of the molecule is CC1=NC=CC(C#N)C=C1. The molecule has 0 N–H and O–H groups in total. The van der Waals surface area contributed by atoms with Gasteiger partial charge in [0.15, 0.2) is 0 Å². The molecular formula is C8H8N2. The molecule has 0 bridgehead atoms. The van der Waals surface area contributed by atoms with E-state index in [9.17, 15) is 0 Å². The second kappa shape index (κ2) is 2.98. The molecule has 50 valence electrons. The Morgan fingerprint density at radius 2 is 2.40 bits per heavy atom. The van der Waals surface area contributed by atoms with E-state index in [1.54, 1.807) is 12.3 Å². The molecule has 0 aliphatic carbocycles. The van der Waals surface area contributed by atoms with Gasteiger partial charge < -0.3 is 0 Å². The molecular weight excluding hydrogens is 124 g/mol. The molecule has 10 heavy (non-hydrogen) atoms. The fraction of sp³-hybridized carbons (Fsp3) is 0.250. The van der Waals surface area contributed by atoms with Gasteiger partial charge in [-0.15, -0.1) is 0 Å². The summed E-state index contributed by atoms with van der Waals surface area (Å²) in [7, 11) is 0. The quantitative estimate of drug-likeness (QED) is 0.494. The minimum atomic E-state index is -0.110. The first-order chi connectivity index (χ1) is 4.83. The van der Waals surface area contributed by atoms with Crippen molar-refractivity contribution in [1.82, 2.24) is 0 Å². The number of nitriles is 1. The van der Waals surface area contributed by atoms with Gasteiger partial charge in [-0.2, -0.15) is 5.26 Å². The Kier molecular flexibility index (Phi) is 2.01. The lowest BCUT2D eigenvalue weighted by Crippen LogP contribution is -1.84. The highest BCUT2D eigenvalue weighted by Gasteiger charge is 1.97. The fourth-order valence-corrected chi connectivity index (χ4v) is 0.690. The average Bonchev–Trinajstić information content (AvgIpc) is 2.14. The molecule has 1 rings (SSSR count). The van der Waals surface area contributed by atoms with Crippen molar-refractivity contribution in [1.29, 1.82) is 5.26 Å². The van der Waals surface area contributed by atoms with Crippen LogP contribution in [0.3, 0.4) is 0 Å². The van der Waals surface area contributed by atoms with Gasteiger partial charge in [0.25, 0.3) is 0 Å². The van der Waals surface area contributed by atoms with Crippen LogP contribution in [-0.2, 0) is 0 Å². The predicted molar refractivity (Wildman–Crippen MR) is 40.5 cm³/mol. The van der Waals surface area contributed by atoms with Gasteiger partial charge in [-0.05, 0) is 19.1 Å². The molecule has 2 nitrogen and oxygen atoms in total. The van der Waals surface area contributed by atoms with Gasteiger partial charge in [0, 0.05) is 11.9 Å². The van der Waals surface area contributed by atoms with Crippen LogP contribution >= 0.6 is 0 Å². The van der Waals surface area contributed by atoms with Crippen molar-refractivity contribution in [3.05, 3.63) is 24.4 Å². The summed E-state index contributed by atoms with van der Waals surface area (Å²) in [5.41, 5.74) is 0.939. The Hall–Kier alpha value is -1.36. The first-order valence-corrected chi connectivity index (χ1v) is 3.12. The molecule has 1 aliphatic rings. The van der Waals surface area contributed by atoms with Crippen LogP contribution in [0.25, 0.3) is 0 Å². The van der Waals surface area contributed by atoms with E-state index in [4.69, 9.17) is 5.26 Å². The molecule has 0 aromatic heterocycles. The summed E-state index contributed by atoms with van der Waals surface area (Å²) < 4.78 is 0. The maximum atomic E-state index is 8.50. The number of hydrogen-bond acceptors (Lipinski definition) is 2. The third-order valence-corrected chi connectivity index (χ3v) is 1.27. The summed E-state index contributed by atoms with van der Waals surface area (Å²) in [6.45, 7) is 1.90. The lowest BCUT2D eigenvalue weighted by Gasteiger charge is -1.87. The van der Waals surface area contributed by atoms with Crippen molar-refractivity contribution in [2.45, 2.75) is 6.92 Å². The summed E-state index contributed by atoms with van der Waals surface area (Å²) in [6.07, 6.45) is 7.13. The molecule has 1 unspecified atom stereocenters. The minimum Gasteiger partial charge on any atom is -0.262 e. The van der Waals surface area contributed by atoms with Gasteiger partial charge >= 0.3 is 0 Å². The molecule has 1 aliphatic heterocycles. The third-order valence-electron chi connectivity index (χ3n) is 1.27. The maximum absolute atomic E-state index is 8.50. The van der Waals surface area contributed by atoms with Crippen LogP contribution in [0.2, 0.25) is 0 Å². The van der Waals surface area contributed by atoms with Crippen LogP contribution in [0.5, 0.6) is 0 Å². The lowest BCUT2D eigenvalue weighted by atomic mass is 10.1. The molecule has 0 spiro atoms. The first-order valence-electron chi connectivity index (χ1n) is 3.12. The van der Waals surface area contributed by atoms with Crippen LogP contribution in [0, 0.1) is 17.2 Å². The van der Waals surface area contributed by atoms with Crippen molar-refractivity contribution in [2.75, 3.05) is 0 Å². The highest BCUT2D eigenvalue weighted by atomic mass is 14.7. The smallest absolute Gasteiger partial charge is 0.0845 e. The van der Waals surface area contributed by atoms with Gasteiger partial charge in [0.1, 0.15) is 0 Å². The van der Waals surface area contributed by atoms with Crippen LogP contribution in [0.15, 0.2) is 29.4 Å². The first kappa shape index (κ1) is 6.76. The zero-order valence-corrected chi connectivity index (χ0v) is 5.78. The van der Waals surface area contributed by atoms with E-state index in [-0.39, 0.29) is 5.92 Å². The Labute approximate surface area is 60.2 Å². The summed E-state index contributed by atoms with van der Waals surface area (Å²) >= 11 is 0. The van der Waals surface area contributed by atoms with Crippen LogP contribution in [-0.4, -0.2) is 5.71 Å². The number of nitrogens with zero attached hydrogens (tertiary/aromatic N) is 2. The maximum Gasteiger partial charge on any atom is 0.0845 e. The Morgan fingerprint density at radius 3 is 3.10 bits per heavy atom. The topological polar surface area (TPSA) is 36.1 Å². The van der Waals surface area contributed by atoms with Crippen LogP contribution < -0.4 is 0 Å². The highest BCUT2D eigenvalue weighted by Crippen LogP contribution is 2.03. The zero-order chi connectivity index (χ0) is 7.40. The zero-order valence-electron chi connectivity index (χ0n) is 5.78. The standard InChI is InChI=1S/C8H8N2/c1-7-2-3-8(6-9)4-5-10-7/h2-5,8H,1H3. The van der Waals surface area contributed by atoms with Gasteiger partial charge in [0.2, 0.25) is 0 Å². The van der Waals surface area contributed by atoms with Gasteiger partial charge in [-0.1, -0.05) is 6.08 Å². The summed E-state index contributed by atoms with van der Waals surface area (Å²) in [5, 5.41) is 8.50. The molecule has 1 atom stereocenters. The van der Waals surface area contributed by atoms with Crippen LogP contribution in [0.1, 0.15) is 6.92 Å². The lowest BCUT2D eigenvalue weighted by molar-refractivity contribution is 1.08. The van der Waals surface area contributed by atoms with E-state index < -0.39 is 0 Å². The normalized spacial score (nSPS) is 23.2.